The highest BCUT2D eigenvalue weighted by Crippen LogP contribution is 2.32. The lowest BCUT2D eigenvalue weighted by Crippen LogP contribution is -2.34. The Morgan fingerprint density at radius 3 is 2.68 bits per heavy atom. The fraction of sp³-hybridized carbons (Fsp3) is 0.211. The predicted octanol–water partition coefficient (Wildman–Crippen LogP) is 3.35. The summed E-state index contributed by atoms with van der Waals surface area (Å²) in [6, 6.07) is 16.3. The standard InChI is InChI=1S/C19H17NO2/c1-13-9-10-15-16(12-13)19(21)20-17(8-5-11-22-20)18(15)14-6-3-2-4-7-14/h2-4,6-7,9-10,12H,5,8,11H2,1H3. The van der Waals surface area contributed by atoms with Crippen molar-refractivity contribution in [2.75, 3.05) is 6.61 Å². The largest absolute Gasteiger partial charge is 0.411 e. The van der Waals surface area contributed by atoms with Gasteiger partial charge in [-0.05, 0) is 36.8 Å². The number of hydrogen-bond acceptors (Lipinski definition) is 2. The van der Waals surface area contributed by atoms with Gasteiger partial charge in [0, 0.05) is 5.56 Å². The average molecular weight is 291 g/mol. The minimum absolute atomic E-state index is 0.0481. The van der Waals surface area contributed by atoms with Crippen molar-refractivity contribution >= 4 is 10.8 Å². The summed E-state index contributed by atoms with van der Waals surface area (Å²) in [4.78, 5) is 18.4. The van der Waals surface area contributed by atoms with E-state index in [9.17, 15) is 4.79 Å². The number of aryl methyl sites for hydroxylation is 1. The molecule has 4 rings (SSSR count). The second kappa shape index (κ2) is 5.02. The van der Waals surface area contributed by atoms with Crippen LogP contribution in [0.1, 0.15) is 17.7 Å². The van der Waals surface area contributed by atoms with E-state index in [1.807, 2.05) is 31.2 Å². The van der Waals surface area contributed by atoms with Gasteiger partial charge in [0.25, 0.3) is 5.56 Å². The highest BCUT2D eigenvalue weighted by atomic mass is 16.7. The monoisotopic (exact) mass is 291 g/mol. The van der Waals surface area contributed by atoms with E-state index >= 15 is 0 Å². The molecule has 1 aromatic heterocycles. The van der Waals surface area contributed by atoms with Gasteiger partial charge in [-0.1, -0.05) is 48.0 Å². The van der Waals surface area contributed by atoms with Gasteiger partial charge in [-0.15, -0.1) is 4.73 Å². The molecule has 0 atom stereocenters. The molecule has 0 amide bonds. The third-order valence-corrected chi connectivity index (χ3v) is 4.23. The van der Waals surface area contributed by atoms with E-state index in [0.29, 0.717) is 6.61 Å². The maximum atomic E-state index is 12.7. The molecule has 0 saturated carbocycles. The lowest BCUT2D eigenvalue weighted by molar-refractivity contribution is 0.0750. The summed E-state index contributed by atoms with van der Waals surface area (Å²) in [7, 11) is 0. The van der Waals surface area contributed by atoms with Crippen LogP contribution in [0.25, 0.3) is 21.9 Å². The summed E-state index contributed by atoms with van der Waals surface area (Å²) in [5, 5.41) is 1.74. The molecular weight excluding hydrogens is 274 g/mol. The number of fused-ring (bicyclic) bond motifs is 2. The molecule has 110 valence electrons. The van der Waals surface area contributed by atoms with E-state index in [2.05, 4.69) is 24.3 Å². The quantitative estimate of drug-likeness (QED) is 0.688. The van der Waals surface area contributed by atoms with Gasteiger partial charge in [0.2, 0.25) is 0 Å². The Morgan fingerprint density at radius 1 is 1.05 bits per heavy atom. The first kappa shape index (κ1) is 13.1. The third-order valence-electron chi connectivity index (χ3n) is 4.23. The van der Waals surface area contributed by atoms with Gasteiger partial charge >= 0.3 is 0 Å². The number of nitrogens with zero attached hydrogens (tertiary/aromatic N) is 1. The number of hydrogen-bond donors (Lipinski definition) is 0. The van der Waals surface area contributed by atoms with Crippen LogP contribution in [0.4, 0.5) is 0 Å². The van der Waals surface area contributed by atoms with Crippen LogP contribution in [-0.4, -0.2) is 11.3 Å². The number of rotatable bonds is 1. The molecule has 0 aliphatic carbocycles. The lowest BCUT2D eigenvalue weighted by Gasteiger charge is -2.23. The highest BCUT2D eigenvalue weighted by molar-refractivity contribution is 5.97. The maximum absolute atomic E-state index is 12.7. The number of benzene rings is 2. The van der Waals surface area contributed by atoms with Gasteiger partial charge in [0.15, 0.2) is 0 Å². The van der Waals surface area contributed by atoms with E-state index in [1.54, 1.807) is 0 Å². The molecule has 0 saturated heterocycles. The summed E-state index contributed by atoms with van der Waals surface area (Å²) in [6.07, 6.45) is 1.81. The van der Waals surface area contributed by atoms with Gasteiger partial charge in [0.1, 0.15) is 6.61 Å². The molecule has 0 bridgehead atoms. The molecule has 3 nitrogen and oxygen atoms in total. The van der Waals surface area contributed by atoms with Gasteiger partial charge in [-0.25, -0.2) is 0 Å². The van der Waals surface area contributed by atoms with Crippen molar-refractivity contribution < 1.29 is 4.84 Å². The third kappa shape index (κ3) is 1.93. The minimum atomic E-state index is -0.0481. The van der Waals surface area contributed by atoms with Crippen molar-refractivity contribution in [1.82, 2.24) is 4.73 Å². The molecule has 0 radical (unpaired) electrons. The zero-order valence-electron chi connectivity index (χ0n) is 12.5. The Hall–Kier alpha value is -2.55. The highest BCUT2D eigenvalue weighted by Gasteiger charge is 2.21. The normalized spacial score (nSPS) is 13.7. The topological polar surface area (TPSA) is 31.2 Å². The Labute approximate surface area is 128 Å². The summed E-state index contributed by atoms with van der Waals surface area (Å²) in [5.74, 6) is 0. The van der Waals surface area contributed by atoms with Crippen LogP contribution in [0.5, 0.6) is 0 Å². The van der Waals surface area contributed by atoms with E-state index < -0.39 is 0 Å². The summed E-state index contributed by atoms with van der Waals surface area (Å²) in [5.41, 5.74) is 4.27. The molecule has 2 aromatic carbocycles. The molecule has 3 aromatic rings. The SMILES string of the molecule is Cc1ccc2c(-c3ccccc3)c3n(c(=O)c2c1)OCCC3. The number of aromatic nitrogens is 1. The second-order valence-electron chi connectivity index (χ2n) is 5.77. The fourth-order valence-corrected chi connectivity index (χ4v) is 3.23. The van der Waals surface area contributed by atoms with Gasteiger partial charge in [-0.2, -0.15) is 0 Å². The Morgan fingerprint density at radius 2 is 1.86 bits per heavy atom. The number of pyridine rings is 1. The van der Waals surface area contributed by atoms with Crippen LogP contribution in [0.2, 0.25) is 0 Å². The lowest BCUT2D eigenvalue weighted by atomic mass is 9.94. The van der Waals surface area contributed by atoms with E-state index in [-0.39, 0.29) is 5.56 Å². The zero-order chi connectivity index (χ0) is 15.1. The van der Waals surface area contributed by atoms with E-state index in [4.69, 9.17) is 4.84 Å². The van der Waals surface area contributed by atoms with Crippen molar-refractivity contribution in [2.45, 2.75) is 19.8 Å². The summed E-state index contributed by atoms with van der Waals surface area (Å²) < 4.78 is 1.51. The second-order valence-corrected chi connectivity index (χ2v) is 5.77. The molecule has 0 N–H and O–H groups in total. The van der Waals surface area contributed by atoms with Crippen molar-refractivity contribution in [3.05, 3.63) is 70.1 Å². The van der Waals surface area contributed by atoms with Crippen molar-refractivity contribution in [3.63, 3.8) is 0 Å². The molecule has 0 fully saturated rings. The Kier molecular flexibility index (Phi) is 3.00. The van der Waals surface area contributed by atoms with Crippen LogP contribution in [-0.2, 0) is 6.42 Å². The van der Waals surface area contributed by atoms with Gasteiger partial charge < -0.3 is 4.84 Å². The van der Waals surface area contributed by atoms with Gasteiger partial charge in [0.05, 0.1) is 11.1 Å². The van der Waals surface area contributed by atoms with E-state index in [1.165, 1.54) is 4.73 Å². The first-order valence-electron chi connectivity index (χ1n) is 7.62. The molecule has 1 aliphatic heterocycles. The van der Waals surface area contributed by atoms with Crippen molar-refractivity contribution in [3.8, 4) is 11.1 Å². The fourth-order valence-electron chi connectivity index (χ4n) is 3.23. The smallest absolute Gasteiger partial charge is 0.291 e. The molecule has 0 unspecified atom stereocenters. The molecule has 3 heteroatoms. The van der Waals surface area contributed by atoms with Crippen LogP contribution in [0, 0.1) is 6.92 Å². The zero-order valence-corrected chi connectivity index (χ0v) is 12.5. The van der Waals surface area contributed by atoms with Crippen LogP contribution in [0.15, 0.2) is 53.3 Å². The molecule has 2 heterocycles. The van der Waals surface area contributed by atoms with Gasteiger partial charge in [-0.3, -0.25) is 4.79 Å². The first-order valence-corrected chi connectivity index (χ1v) is 7.62. The summed E-state index contributed by atoms with van der Waals surface area (Å²) >= 11 is 0. The molecule has 22 heavy (non-hydrogen) atoms. The first-order chi connectivity index (χ1) is 10.8. The minimum Gasteiger partial charge on any atom is -0.411 e. The predicted molar refractivity (Wildman–Crippen MR) is 88.1 cm³/mol. The molecule has 1 aliphatic rings. The van der Waals surface area contributed by atoms with Crippen LogP contribution >= 0.6 is 0 Å². The molecular formula is C19H17NO2. The average Bonchev–Trinajstić information content (AvgIpc) is 2.57. The van der Waals surface area contributed by atoms with E-state index in [0.717, 1.165) is 46.0 Å². The Balaban J connectivity index is 2.18. The summed E-state index contributed by atoms with van der Waals surface area (Å²) in [6.45, 7) is 2.60. The van der Waals surface area contributed by atoms with Crippen molar-refractivity contribution in [2.24, 2.45) is 0 Å². The Bertz CT molecular complexity index is 910. The maximum Gasteiger partial charge on any atom is 0.291 e. The van der Waals surface area contributed by atoms with Crippen LogP contribution in [0.3, 0.4) is 0 Å². The van der Waals surface area contributed by atoms with Crippen molar-refractivity contribution in [1.29, 1.82) is 0 Å². The molecule has 0 spiro atoms. The van der Waals surface area contributed by atoms with Crippen LogP contribution < -0.4 is 10.4 Å².